The van der Waals surface area contributed by atoms with Gasteiger partial charge in [0.05, 0.1) is 5.41 Å². The van der Waals surface area contributed by atoms with Crippen molar-refractivity contribution in [1.82, 2.24) is 0 Å². The lowest BCUT2D eigenvalue weighted by Crippen LogP contribution is -2.34. The van der Waals surface area contributed by atoms with Crippen molar-refractivity contribution in [2.75, 3.05) is 6.61 Å². The van der Waals surface area contributed by atoms with Crippen LogP contribution in [0.4, 0.5) is 0 Å². The van der Waals surface area contributed by atoms with Crippen LogP contribution in [0.1, 0.15) is 66.2 Å². The molecule has 0 aliphatic heterocycles. The minimum Gasteiger partial charge on any atom is -0.457 e. The van der Waals surface area contributed by atoms with Crippen molar-refractivity contribution in [2.24, 2.45) is 5.41 Å². The fourth-order valence-corrected chi connectivity index (χ4v) is 2.28. The molecule has 0 atom stereocenters. The molecule has 0 spiro atoms. The van der Waals surface area contributed by atoms with Crippen LogP contribution in [0.5, 0.6) is 0 Å². The molecule has 110 valence electrons. The maximum absolute atomic E-state index is 11.8. The van der Waals surface area contributed by atoms with Crippen LogP contribution < -0.4 is 0 Å². The van der Waals surface area contributed by atoms with Crippen molar-refractivity contribution in [3.8, 4) is 0 Å². The van der Waals surface area contributed by atoms with Gasteiger partial charge in [0.15, 0.2) is 6.61 Å². The first-order valence-electron chi connectivity index (χ1n) is 7.24. The topological polar surface area (TPSA) is 52.6 Å². The summed E-state index contributed by atoms with van der Waals surface area (Å²) in [5.74, 6) is -0.770. The van der Waals surface area contributed by atoms with Gasteiger partial charge in [-0.1, -0.05) is 13.8 Å². The summed E-state index contributed by atoms with van der Waals surface area (Å²) >= 11 is 0. The average molecular weight is 270 g/mol. The second-order valence-electron chi connectivity index (χ2n) is 6.03. The first-order chi connectivity index (χ1) is 8.85. The van der Waals surface area contributed by atoms with E-state index in [2.05, 4.69) is 0 Å². The molecular weight excluding hydrogens is 244 g/mol. The molecule has 0 aromatic heterocycles. The van der Waals surface area contributed by atoms with Gasteiger partial charge in [0.1, 0.15) is 5.60 Å². The molecule has 19 heavy (non-hydrogen) atoms. The van der Waals surface area contributed by atoms with Gasteiger partial charge in [-0.3, -0.25) is 4.79 Å². The average Bonchev–Trinajstić information content (AvgIpc) is 2.84. The summed E-state index contributed by atoms with van der Waals surface area (Å²) < 4.78 is 10.6. The van der Waals surface area contributed by atoms with E-state index in [0.717, 1.165) is 32.1 Å². The highest BCUT2D eigenvalue weighted by Gasteiger charge is 2.36. The highest BCUT2D eigenvalue weighted by atomic mass is 16.6. The summed E-state index contributed by atoms with van der Waals surface area (Å²) in [6.07, 6.45) is 5.55. The van der Waals surface area contributed by atoms with Crippen molar-refractivity contribution < 1.29 is 19.1 Å². The number of carbonyl (C=O) groups is 2. The Morgan fingerprint density at radius 2 is 1.74 bits per heavy atom. The van der Waals surface area contributed by atoms with E-state index >= 15 is 0 Å². The summed E-state index contributed by atoms with van der Waals surface area (Å²) in [6, 6.07) is 0. The molecule has 4 nitrogen and oxygen atoms in total. The lowest BCUT2D eigenvalue weighted by atomic mass is 9.91. The minimum atomic E-state index is -0.546. The van der Waals surface area contributed by atoms with Crippen LogP contribution >= 0.6 is 0 Å². The van der Waals surface area contributed by atoms with Gasteiger partial charge in [-0.25, -0.2) is 4.79 Å². The van der Waals surface area contributed by atoms with Gasteiger partial charge in [-0.2, -0.15) is 0 Å². The lowest BCUT2D eigenvalue weighted by Gasteiger charge is -2.28. The van der Waals surface area contributed by atoms with Crippen molar-refractivity contribution in [1.29, 1.82) is 0 Å². The van der Waals surface area contributed by atoms with Crippen LogP contribution in [-0.2, 0) is 19.1 Å². The van der Waals surface area contributed by atoms with E-state index in [1.807, 2.05) is 27.7 Å². The van der Waals surface area contributed by atoms with Crippen LogP contribution in [-0.4, -0.2) is 24.1 Å². The summed E-state index contributed by atoms with van der Waals surface area (Å²) in [5, 5.41) is 0. The van der Waals surface area contributed by atoms with Crippen molar-refractivity contribution in [2.45, 2.75) is 71.8 Å². The number of ether oxygens (including phenoxy) is 2. The molecule has 1 saturated carbocycles. The third-order valence-electron chi connectivity index (χ3n) is 4.25. The van der Waals surface area contributed by atoms with Crippen molar-refractivity contribution in [3.05, 3.63) is 0 Å². The van der Waals surface area contributed by atoms with Gasteiger partial charge >= 0.3 is 11.9 Å². The second kappa shape index (κ2) is 6.40. The van der Waals surface area contributed by atoms with Crippen molar-refractivity contribution >= 4 is 11.9 Å². The lowest BCUT2D eigenvalue weighted by molar-refractivity contribution is -0.173. The van der Waals surface area contributed by atoms with Crippen LogP contribution in [0.3, 0.4) is 0 Å². The second-order valence-corrected chi connectivity index (χ2v) is 6.03. The van der Waals surface area contributed by atoms with E-state index in [1.54, 1.807) is 0 Å². The molecule has 1 aliphatic rings. The summed E-state index contributed by atoms with van der Waals surface area (Å²) in [4.78, 5) is 23.5. The molecule has 1 fully saturated rings. The molecule has 1 rings (SSSR count). The van der Waals surface area contributed by atoms with E-state index in [4.69, 9.17) is 9.47 Å². The van der Waals surface area contributed by atoms with Gasteiger partial charge in [-0.15, -0.1) is 0 Å². The molecule has 0 amide bonds. The van der Waals surface area contributed by atoms with Gasteiger partial charge in [-0.05, 0) is 52.4 Å². The molecule has 4 heteroatoms. The Bertz CT molecular complexity index is 327. The van der Waals surface area contributed by atoms with Crippen LogP contribution in [0.15, 0.2) is 0 Å². The Kier molecular flexibility index (Phi) is 5.39. The molecule has 0 saturated heterocycles. The molecule has 0 bridgehead atoms. The van der Waals surface area contributed by atoms with Crippen LogP contribution in [0.25, 0.3) is 0 Å². The summed E-state index contributed by atoms with van der Waals surface area (Å²) in [7, 11) is 0. The Morgan fingerprint density at radius 1 is 1.16 bits per heavy atom. The standard InChI is InChI=1S/C15H26O4/c1-5-14(3,4)13(17)18-11-12(16)19-15(6-2)9-7-8-10-15/h5-11H2,1-4H3. The maximum atomic E-state index is 11.8. The van der Waals surface area contributed by atoms with Gasteiger partial charge in [0.25, 0.3) is 0 Å². The first kappa shape index (κ1) is 16.0. The number of hydrogen-bond donors (Lipinski definition) is 0. The Morgan fingerprint density at radius 3 is 2.21 bits per heavy atom. The van der Waals surface area contributed by atoms with E-state index in [1.165, 1.54) is 0 Å². The van der Waals surface area contributed by atoms with E-state index < -0.39 is 11.4 Å². The molecule has 0 heterocycles. The molecule has 1 aliphatic carbocycles. The zero-order valence-electron chi connectivity index (χ0n) is 12.6. The summed E-state index contributed by atoms with van der Waals surface area (Å²) in [5.41, 5.74) is -0.861. The third-order valence-corrected chi connectivity index (χ3v) is 4.25. The molecule has 0 unspecified atom stereocenters. The van der Waals surface area contributed by atoms with Crippen molar-refractivity contribution in [3.63, 3.8) is 0 Å². The monoisotopic (exact) mass is 270 g/mol. The third kappa shape index (κ3) is 4.22. The SMILES string of the molecule is CCC1(OC(=O)COC(=O)C(C)(C)CC)CCCC1. The highest BCUT2D eigenvalue weighted by molar-refractivity contribution is 5.79. The first-order valence-corrected chi connectivity index (χ1v) is 7.24. The number of hydrogen-bond acceptors (Lipinski definition) is 4. The van der Waals surface area contributed by atoms with E-state index in [9.17, 15) is 9.59 Å². The highest BCUT2D eigenvalue weighted by Crippen LogP contribution is 2.36. The molecule has 0 N–H and O–H groups in total. The molecule has 0 radical (unpaired) electrons. The Hall–Kier alpha value is -1.06. The van der Waals surface area contributed by atoms with Gasteiger partial charge in [0, 0.05) is 0 Å². The van der Waals surface area contributed by atoms with E-state index in [-0.39, 0.29) is 18.2 Å². The van der Waals surface area contributed by atoms with E-state index in [0.29, 0.717) is 6.42 Å². The number of esters is 2. The molecule has 0 aromatic rings. The quantitative estimate of drug-likeness (QED) is 0.695. The smallest absolute Gasteiger partial charge is 0.344 e. The number of carbonyl (C=O) groups excluding carboxylic acids is 2. The minimum absolute atomic E-state index is 0.274. The Balaban J connectivity index is 2.42. The van der Waals surface area contributed by atoms with Gasteiger partial charge < -0.3 is 9.47 Å². The Labute approximate surface area is 115 Å². The predicted molar refractivity (Wildman–Crippen MR) is 72.6 cm³/mol. The zero-order valence-corrected chi connectivity index (χ0v) is 12.6. The molecular formula is C15H26O4. The maximum Gasteiger partial charge on any atom is 0.344 e. The normalized spacial score (nSPS) is 18.1. The fraction of sp³-hybridized carbons (Fsp3) is 0.867. The van der Waals surface area contributed by atoms with Crippen LogP contribution in [0, 0.1) is 5.41 Å². The molecule has 0 aromatic carbocycles. The number of rotatable bonds is 6. The van der Waals surface area contributed by atoms with Gasteiger partial charge in [0.2, 0.25) is 0 Å². The zero-order chi connectivity index (χ0) is 14.5. The summed E-state index contributed by atoms with van der Waals surface area (Å²) in [6.45, 7) is 7.30. The van der Waals surface area contributed by atoms with Crippen LogP contribution in [0.2, 0.25) is 0 Å². The largest absolute Gasteiger partial charge is 0.457 e. The fourth-order valence-electron chi connectivity index (χ4n) is 2.28. The predicted octanol–water partition coefficient (Wildman–Crippen LogP) is 3.23.